The number of sulfonamides is 1. The highest BCUT2D eigenvalue weighted by Crippen LogP contribution is 2.21. The number of nitrogens with one attached hydrogen (secondary N) is 1. The second-order valence-corrected chi connectivity index (χ2v) is 5.56. The number of anilines is 1. The van der Waals surface area contributed by atoms with Gasteiger partial charge in [0, 0.05) is 5.69 Å². The molecule has 1 rings (SSSR count). The molecule has 1 unspecified atom stereocenters. The predicted molar refractivity (Wildman–Crippen MR) is 67.2 cm³/mol. The Bertz CT molecular complexity index is 596. The molecule has 0 radical (unpaired) electrons. The molecule has 1 aromatic rings. The van der Waals surface area contributed by atoms with Crippen LogP contribution in [0.2, 0.25) is 0 Å². The van der Waals surface area contributed by atoms with Crippen LogP contribution in [0.4, 0.5) is 14.5 Å². The first-order chi connectivity index (χ1) is 9.19. The first-order valence-corrected chi connectivity index (χ1v) is 7.10. The standard InChI is InChI=1S/C11H14F2N2O4S/c1-3-19-11(16)6(2)15-20(17,18)10-8(12)4-7(14)5-9(10)13/h4-6,15H,3,14H2,1-2H3. The summed E-state index contributed by atoms with van der Waals surface area (Å²) in [7, 11) is -4.56. The monoisotopic (exact) mass is 308 g/mol. The Balaban J connectivity index is 3.10. The van der Waals surface area contributed by atoms with Gasteiger partial charge in [-0.15, -0.1) is 0 Å². The van der Waals surface area contributed by atoms with Crippen molar-refractivity contribution in [2.75, 3.05) is 12.3 Å². The third-order valence-corrected chi connectivity index (χ3v) is 3.85. The van der Waals surface area contributed by atoms with Gasteiger partial charge in [-0.3, -0.25) is 4.79 Å². The number of nitrogen functional groups attached to an aromatic ring is 1. The predicted octanol–water partition coefficient (Wildman–Crippen LogP) is 0.777. The summed E-state index contributed by atoms with van der Waals surface area (Å²) in [4.78, 5) is 10.1. The van der Waals surface area contributed by atoms with E-state index in [1.165, 1.54) is 6.92 Å². The zero-order chi connectivity index (χ0) is 15.5. The van der Waals surface area contributed by atoms with E-state index in [1.54, 1.807) is 6.92 Å². The second-order valence-electron chi connectivity index (χ2n) is 3.91. The molecule has 0 saturated heterocycles. The number of nitrogens with two attached hydrogens (primary N) is 1. The van der Waals surface area contributed by atoms with Crippen LogP contribution in [0.5, 0.6) is 0 Å². The van der Waals surface area contributed by atoms with E-state index in [0.29, 0.717) is 12.1 Å². The van der Waals surface area contributed by atoms with Crippen LogP contribution in [0.3, 0.4) is 0 Å². The SMILES string of the molecule is CCOC(=O)C(C)NS(=O)(=O)c1c(F)cc(N)cc1F. The Morgan fingerprint density at radius 1 is 1.40 bits per heavy atom. The van der Waals surface area contributed by atoms with Gasteiger partial charge < -0.3 is 10.5 Å². The third kappa shape index (κ3) is 3.64. The minimum Gasteiger partial charge on any atom is -0.465 e. The number of benzene rings is 1. The van der Waals surface area contributed by atoms with E-state index in [1.807, 2.05) is 4.72 Å². The number of halogens is 2. The summed E-state index contributed by atoms with van der Waals surface area (Å²) >= 11 is 0. The molecule has 0 aliphatic heterocycles. The molecule has 0 aromatic heterocycles. The topological polar surface area (TPSA) is 98.5 Å². The van der Waals surface area contributed by atoms with Crippen molar-refractivity contribution >= 4 is 21.7 Å². The maximum Gasteiger partial charge on any atom is 0.323 e. The summed E-state index contributed by atoms with van der Waals surface area (Å²) < 4.78 is 57.3. The van der Waals surface area contributed by atoms with Crippen LogP contribution in [-0.4, -0.2) is 27.0 Å². The Hall–Kier alpha value is -1.74. The second kappa shape index (κ2) is 6.14. The molecule has 0 amide bonds. The average molecular weight is 308 g/mol. The highest BCUT2D eigenvalue weighted by Gasteiger charge is 2.28. The molecule has 112 valence electrons. The number of rotatable bonds is 5. The van der Waals surface area contributed by atoms with Crippen LogP contribution < -0.4 is 10.5 Å². The first-order valence-electron chi connectivity index (χ1n) is 5.62. The van der Waals surface area contributed by atoms with E-state index >= 15 is 0 Å². The molecule has 0 bridgehead atoms. The number of carbonyl (C=O) groups is 1. The summed E-state index contributed by atoms with van der Waals surface area (Å²) in [6.07, 6.45) is 0. The highest BCUT2D eigenvalue weighted by atomic mass is 32.2. The van der Waals surface area contributed by atoms with Crippen molar-refractivity contribution in [1.29, 1.82) is 0 Å². The summed E-state index contributed by atoms with van der Waals surface area (Å²) in [5.74, 6) is -3.54. The van der Waals surface area contributed by atoms with Gasteiger partial charge in [-0.1, -0.05) is 0 Å². The van der Waals surface area contributed by atoms with Crippen LogP contribution in [0.1, 0.15) is 13.8 Å². The average Bonchev–Trinajstić information content (AvgIpc) is 2.26. The smallest absolute Gasteiger partial charge is 0.323 e. The molecule has 0 fully saturated rings. The zero-order valence-electron chi connectivity index (χ0n) is 10.8. The molecule has 1 aromatic carbocycles. The highest BCUT2D eigenvalue weighted by molar-refractivity contribution is 7.89. The molecule has 0 aliphatic carbocycles. The molecule has 9 heteroatoms. The van der Waals surface area contributed by atoms with Crippen LogP contribution in [0.15, 0.2) is 17.0 Å². The number of hydrogen-bond donors (Lipinski definition) is 2. The number of hydrogen-bond acceptors (Lipinski definition) is 5. The van der Waals surface area contributed by atoms with Crippen molar-refractivity contribution in [1.82, 2.24) is 4.72 Å². The lowest BCUT2D eigenvalue weighted by molar-refractivity contribution is -0.144. The fourth-order valence-electron chi connectivity index (χ4n) is 1.44. The lowest BCUT2D eigenvalue weighted by Crippen LogP contribution is -2.40. The van der Waals surface area contributed by atoms with Crippen molar-refractivity contribution in [2.24, 2.45) is 0 Å². The van der Waals surface area contributed by atoms with Crippen molar-refractivity contribution in [3.63, 3.8) is 0 Å². The number of ether oxygens (including phenoxy) is 1. The normalized spacial score (nSPS) is 13.0. The minimum absolute atomic E-state index is 0.0511. The molecular weight excluding hydrogens is 294 g/mol. The molecule has 20 heavy (non-hydrogen) atoms. The Morgan fingerprint density at radius 2 is 1.90 bits per heavy atom. The molecule has 0 heterocycles. The van der Waals surface area contributed by atoms with Crippen LogP contribution in [0.25, 0.3) is 0 Å². The van der Waals surface area contributed by atoms with Gasteiger partial charge in [-0.05, 0) is 26.0 Å². The van der Waals surface area contributed by atoms with Gasteiger partial charge in [0.2, 0.25) is 10.0 Å². The zero-order valence-corrected chi connectivity index (χ0v) is 11.6. The van der Waals surface area contributed by atoms with E-state index in [-0.39, 0.29) is 12.3 Å². The van der Waals surface area contributed by atoms with Crippen molar-refractivity contribution < 1.29 is 26.7 Å². The Labute approximate surface area is 115 Å². The number of esters is 1. The molecular formula is C11H14F2N2O4S. The van der Waals surface area contributed by atoms with Gasteiger partial charge in [0.1, 0.15) is 17.7 Å². The fourth-order valence-corrected chi connectivity index (χ4v) is 2.75. The van der Waals surface area contributed by atoms with Gasteiger partial charge in [-0.2, -0.15) is 4.72 Å². The molecule has 0 spiro atoms. The van der Waals surface area contributed by atoms with Crippen molar-refractivity contribution in [2.45, 2.75) is 24.8 Å². The molecule has 6 nitrogen and oxygen atoms in total. The van der Waals surface area contributed by atoms with Gasteiger partial charge >= 0.3 is 5.97 Å². The van der Waals surface area contributed by atoms with Crippen LogP contribution in [0, 0.1) is 11.6 Å². The van der Waals surface area contributed by atoms with E-state index in [4.69, 9.17) is 5.73 Å². The van der Waals surface area contributed by atoms with E-state index in [0.717, 1.165) is 0 Å². The van der Waals surface area contributed by atoms with E-state index < -0.39 is 38.6 Å². The fraction of sp³-hybridized carbons (Fsp3) is 0.364. The Morgan fingerprint density at radius 3 is 2.35 bits per heavy atom. The maximum absolute atomic E-state index is 13.6. The van der Waals surface area contributed by atoms with Gasteiger partial charge in [-0.25, -0.2) is 17.2 Å². The quantitative estimate of drug-likeness (QED) is 0.618. The van der Waals surface area contributed by atoms with Crippen LogP contribution >= 0.6 is 0 Å². The first kappa shape index (κ1) is 16.3. The van der Waals surface area contributed by atoms with Crippen LogP contribution in [-0.2, 0) is 19.6 Å². The maximum atomic E-state index is 13.6. The van der Waals surface area contributed by atoms with E-state index in [2.05, 4.69) is 4.74 Å². The van der Waals surface area contributed by atoms with Crippen molar-refractivity contribution in [3.05, 3.63) is 23.8 Å². The summed E-state index contributed by atoms with van der Waals surface area (Å²) in [5.41, 5.74) is 4.94. The number of carbonyl (C=O) groups excluding carboxylic acids is 1. The Kier molecular flexibility index (Phi) is 5.01. The molecule has 1 atom stereocenters. The lowest BCUT2D eigenvalue weighted by atomic mass is 10.3. The van der Waals surface area contributed by atoms with Gasteiger partial charge in [0.25, 0.3) is 0 Å². The minimum atomic E-state index is -4.56. The summed E-state index contributed by atoms with van der Waals surface area (Å²) in [6, 6.07) is 0.0654. The summed E-state index contributed by atoms with van der Waals surface area (Å²) in [5, 5.41) is 0. The third-order valence-electron chi connectivity index (χ3n) is 2.26. The largest absolute Gasteiger partial charge is 0.465 e. The molecule has 0 saturated carbocycles. The van der Waals surface area contributed by atoms with Crippen molar-refractivity contribution in [3.8, 4) is 0 Å². The van der Waals surface area contributed by atoms with Gasteiger partial charge in [0.15, 0.2) is 4.90 Å². The van der Waals surface area contributed by atoms with Gasteiger partial charge in [0.05, 0.1) is 6.61 Å². The van der Waals surface area contributed by atoms with E-state index in [9.17, 15) is 22.0 Å². The summed E-state index contributed by atoms with van der Waals surface area (Å²) in [6.45, 7) is 2.79. The lowest BCUT2D eigenvalue weighted by Gasteiger charge is -2.14. The molecule has 0 aliphatic rings. The molecule has 3 N–H and O–H groups in total.